The van der Waals surface area contributed by atoms with E-state index in [-0.39, 0.29) is 17.4 Å². The highest BCUT2D eigenvalue weighted by Gasteiger charge is 2.09. The molecule has 2 aromatic heterocycles. The van der Waals surface area contributed by atoms with Crippen LogP contribution in [0.15, 0.2) is 65.7 Å². The van der Waals surface area contributed by atoms with Gasteiger partial charge in [-0.1, -0.05) is 6.07 Å². The molecule has 4 rings (SSSR count). The Morgan fingerprint density at radius 2 is 1.50 bits per heavy atom. The lowest BCUT2D eigenvalue weighted by Crippen LogP contribution is -1.94. The van der Waals surface area contributed by atoms with Crippen LogP contribution in [0.3, 0.4) is 0 Å². The lowest BCUT2D eigenvalue weighted by Gasteiger charge is -2.08. The molecule has 0 amide bonds. The highest BCUT2D eigenvalue weighted by Crippen LogP contribution is 2.29. The Bertz CT molecular complexity index is 1060. The molecule has 0 unspecified atom stereocenters. The Morgan fingerprint density at radius 3 is 2.23 bits per heavy atom. The quantitative estimate of drug-likeness (QED) is 0.474. The van der Waals surface area contributed by atoms with Crippen molar-refractivity contribution in [2.75, 3.05) is 0 Å². The maximum Gasteiger partial charge on any atom is 0.321 e. The molecule has 0 atom stereocenters. The summed E-state index contributed by atoms with van der Waals surface area (Å²) in [6.45, 7) is 0. The molecule has 4 aromatic rings. The van der Waals surface area contributed by atoms with Crippen molar-refractivity contribution in [3.63, 3.8) is 0 Å². The summed E-state index contributed by atoms with van der Waals surface area (Å²) in [5, 5.41) is 0.496. The Morgan fingerprint density at radius 1 is 0.808 bits per heavy atom. The van der Waals surface area contributed by atoms with E-state index in [1.54, 1.807) is 48.8 Å². The van der Waals surface area contributed by atoms with Crippen LogP contribution in [0.4, 0.5) is 4.39 Å². The van der Waals surface area contributed by atoms with Gasteiger partial charge < -0.3 is 9.47 Å². The smallest absolute Gasteiger partial charge is 0.321 e. The van der Waals surface area contributed by atoms with Gasteiger partial charge >= 0.3 is 6.01 Å². The summed E-state index contributed by atoms with van der Waals surface area (Å²) in [4.78, 5) is 16.1. The van der Waals surface area contributed by atoms with E-state index in [2.05, 4.69) is 35.9 Å². The van der Waals surface area contributed by atoms with Gasteiger partial charge in [-0.05, 0) is 52.3 Å². The van der Waals surface area contributed by atoms with E-state index < -0.39 is 5.82 Å². The molecule has 0 saturated carbocycles. The topological polar surface area (TPSA) is 70.0 Å². The first kappa shape index (κ1) is 16.3. The molecule has 0 aliphatic heterocycles. The molecular formula is C18H10BrFN4O2. The molecule has 26 heavy (non-hydrogen) atoms. The molecule has 6 nitrogen and oxygen atoms in total. The number of benzene rings is 2. The number of hydrogen-bond donors (Lipinski definition) is 0. The fraction of sp³-hybridized carbons (Fsp3) is 0. The molecule has 2 heterocycles. The van der Waals surface area contributed by atoms with Gasteiger partial charge in [0.15, 0.2) is 0 Å². The minimum Gasteiger partial charge on any atom is -0.438 e. The van der Waals surface area contributed by atoms with Crippen LogP contribution in [0.2, 0.25) is 0 Å². The van der Waals surface area contributed by atoms with Crippen molar-refractivity contribution < 1.29 is 13.9 Å². The van der Waals surface area contributed by atoms with E-state index in [1.807, 2.05) is 0 Å². The third kappa shape index (κ3) is 3.45. The van der Waals surface area contributed by atoms with Gasteiger partial charge in [0.2, 0.25) is 5.88 Å². The normalized spacial score (nSPS) is 10.7. The van der Waals surface area contributed by atoms with Crippen molar-refractivity contribution in [2.24, 2.45) is 0 Å². The zero-order valence-corrected chi connectivity index (χ0v) is 14.7. The molecule has 0 spiro atoms. The summed E-state index contributed by atoms with van der Waals surface area (Å²) in [5.74, 6) is 0.934. The van der Waals surface area contributed by atoms with Gasteiger partial charge in [0.05, 0.1) is 9.86 Å². The highest BCUT2D eigenvalue weighted by atomic mass is 79.9. The van der Waals surface area contributed by atoms with E-state index in [4.69, 9.17) is 9.47 Å². The Kier molecular flexibility index (Phi) is 4.40. The first-order chi connectivity index (χ1) is 12.7. The van der Waals surface area contributed by atoms with E-state index >= 15 is 0 Å². The van der Waals surface area contributed by atoms with Crippen LogP contribution in [0, 0.1) is 5.82 Å². The van der Waals surface area contributed by atoms with Gasteiger partial charge in [-0.15, -0.1) is 0 Å². The van der Waals surface area contributed by atoms with Crippen molar-refractivity contribution in [1.82, 2.24) is 19.9 Å². The average molecular weight is 413 g/mol. The summed E-state index contributed by atoms with van der Waals surface area (Å²) in [6.07, 6.45) is 4.46. The number of ether oxygens (including phenoxy) is 2. The molecule has 0 radical (unpaired) electrons. The van der Waals surface area contributed by atoms with Crippen molar-refractivity contribution in [2.45, 2.75) is 0 Å². The largest absolute Gasteiger partial charge is 0.438 e. The third-order valence-corrected chi connectivity index (χ3v) is 3.83. The molecule has 0 N–H and O–H groups in total. The summed E-state index contributed by atoms with van der Waals surface area (Å²) in [7, 11) is 0. The molecule has 8 heteroatoms. The first-order valence-corrected chi connectivity index (χ1v) is 8.31. The number of nitrogens with zero attached hydrogens (tertiary/aromatic N) is 4. The van der Waals surface area contributed by atoms with Gasteiger partial charge in [-0.3, -0.25) is 0 Å². The van der Waals surface area contributed by atoms with Gasteiger partial charge in [0, 0.05) is 12.4 Å². The Balaban J connectivity index is 1.55. The number of rotatable bonds is 4. The number of aromatic nitrogens is 4. The molecule has 0 fully saturated rings. The molecule has 0 aliphatic rings. The zero-order valence-electron chi connectivity index (χ0n) is 13.1. The number of fused-ring (bicyclic) bond motifs is 1. The van der Waals surface area contributed by atoms with Crippen LogP contribution in [-0.4, -0.2) is 19.9 Å². The van der Waals surface area contributed by atoms with Crippen molar-refractivity contribution in [3.8, 4) is 23.4 Å². The van der Waals surface area contributed by atoms with Gasteiger partial charge in [0.25, 0.3) is 0 Å². The lowest BCUT2D eigenvalue weighted by atomic mass is 10.2. The zero-order chi connectivity index (χ0) is 17.9. The number of hydrogen-bond acceptors (Lipinski definition) is 6. The standard InChI is InChI=1S/C18H10BrFN4O2/c19-11-8-21-18(22-9-11)26-13-6-4-12(5-7-13)25-17-14-2-1-3-15(20)16(14)23-10-24-17/h1-10H. The molecular weight excluding hydrogens is 403 g/mol. The SMILES string of the molecule is Fc1cccc2c(Oc3ccc(Oc4ncc(Br)cn4)cc3)ncnc12. The maximum absolute atomic E-state index is 13.8. The van der Waals surface area contributed by atoms with E-state index in [0.29, 0.717) is 16.9 Å². The molecule has 2 aromatic carbocycles. The monoisotopic (exact) mass is 412 g/mol. The Labute approximate surface area is 155 Å². The second-order valence-electron chi connectivity index (χ2n) is 5.17. The van der Waals surface area contributed by atoms with Crippen LogP contribution in [0.1, 0.15) is 0 Å². The summed E-state index contributed by atoms with van der Waals surface area (Å²) in [5.41, 5.74) is 0.213. The van der Waals surface area contributed by atoms with E-state index in [0.717, 1.165) is 4.47 Å². The summed E-state index contributed by atoms with van der Waals surface area (Å²) < 4.78 is 25.9. The van der Waals surface area contributed by atoms with E-state index in [1.165, 1.54) is 12.4 Å². The minimum absolute atomic E-state index is 0.213. The van der Waals surface area contributed by atoms with E-state index in [9.17, 15) is 4.39 Å². The summed E-state index contributed by atoms with van der Waals surface area (Å²) >= 11 is 3.26. The van der Waals surface area contributed by atoms with Gasteiger partial charge in [0.1, 0.15) is 29.2 Å². The fourth-order valence-corrected chi connectivity index (χ4v) is 2.46. The third-order valence-electron chi connectivity index (χ3n) is 3.42. The van der Waals surface area contributed by atoms with Crippen molar-refractivity contribution >= 4 is 26.8 Å². The molecule has 128 valence electrons. The van der Waals surface area contributed by atoms with Crippen molar-refractivity contribution in [1.29, 1.82) is 0 Å². The van der Waals surface area contributed by atoms with Gasteiger partial charge in [-0.2, -0.15) is 0 Å². The van der Waals surface area contributed by atoms with Crippen LogP contribution >= 0.6 is 15.9 Å². The second-order valence-corrected chi connectivity index (χ2v) is 6.09. The molecule has 0 aliphatic carbocycles. The van der Waals surface area contributed by atoms with Gasteiger partial charge in [-0.25, -0.2) is 24.3 Å². The fourth-order valence-electron chi connectivity index (χ4n) is 2.25. The minimum atomic E-state index is -0.423. The first-order valence-electron chi connectivity index (χ1n) is 7.51. The van der Waals surface area contributed by atoms with Crippen molar-refractivity contribution in [3.05, 3.63) is 71.5 Å². The van der Waals surface area contributed by atoms with Crippen LogP contribution in [0.5, 0.6) is 23.4 Å². The average Bonchev–Trinajstić information content (AvgIpc) is 2.66. The number of halogens is 2. The van der Waals surface area contributed by atoms with Crippen LogP contribution < -0.4 is 9.47 Å². The Hall–Kier alpha value is -3.13. The number of para-hydroxylation sites is 1. The van der Waals surface area contributed by atoms with Crippen LogP contribution in [-0.2, 0) is 0 Å². The van der Waals surface area contributed by atoms with Crippen LogP contribution in [0.25, 0.3) is 10.9 Å². The predicted octanol–water partition coefficient (Wildman–Crippen LogP) is 4.91. The highest BCUT2D eigenvalue weighted by molar-refractivity contribution is 9.10. The second kappa shape index (κ2) is 7.01. The summed E-state index contributed by atoms with van der Waals surface area (Å²) in [6, 6.07) is 11.7. The molecule has 0 saturated heterocycles. The maximum atomic E-state index is 13.8. The predicted molar refractivity (Wildman–Crippen MR) is 95.8 cm³/mol. The molecule has 0 bridgehead atoms. The lowest BCUT2D eigenvalue weighted by molar-refractivity contribution is 0.436.